The van der Waals surface area contributed by atoms with Crippen LogP contribution < -0.4 is 31.6 Å². The van der Waals surface area contributed by atoms with Crippen molar-refractivity contribution in [3.63, 3.8) is 0 Å². The van der Waals surface area contributed by atoms with E-state index in [1.54, 1.807) is 19.3 Å². The first-order chi connectivity index (χ1) is 19.2. The number of nitrogens with zero attached hydrogens (tertiary/aromatic N) is 5. The largest absolute Gasteiger partial charge is 0.478 e. The van der Waals surface area contributed by atoms with E-state index in [1.165, 1.54) is 18.0 Å². The fraction of sp³-hybridized carbons (Fsp3) is 0.483. The molecule has 11 nitrogen and oxygen atoms in total. The third-order valence-electron chi connectivity index (χ3n) is 8.72. The van der Waals surface area contributed by atoms with Crippen LogP contribution in [0.1, 0.15) is 32.3 Å². The van der Waals surface area contributed by atoms with Crippen LogP contribution in [0.4, 0.5) is 17.5 Å². The number of nitrogens with one attached hydrogen (secondary N) is 2. The topological polar surface area (TPSA) is 151 Å². The quantitative estimate of drug-likeness (QED) is 0.407. The molecule has 5 unspecified atom stereocenters. The molecule has 0 bridgehead atoms. The number of carbonyl (C=O) groups excluding carboxylic acids is 1. The molecule has 0 spiro atoms. The number of likely N-dealkylation sites (N-methyl/N-ethyl adjacent to an activating group) is 1. The summed E-state index contributed by atoms with van der Waals surface area (Å²) in [6, 6.07) is 9.56. The molecule has 210 valence electrons. The fourth-order valence-electron chi connectivity index (χ4n) is 5.89. The highest BCUT2D eigenvalue weighted by Gasteiger charge is 2.42. The minimum atomic E-state index is -0.337. The average Bonchev–Trinajstić information content (AvgIpc) is 2.95. The van der Waals surface area contributed by atoms with E-state index in [-0.39, 0.29) is 29.9 Å². The molecule has 11 heteroatoms. The SMILES string of the molecule is CNC(=O)COc1cc2cc(Nc3nc(N4CC(C)C(C)C(C5CCC5N)C4)ncc3C#N)ccc2n(C)c1=O. The molecule has 1 saturated carbocycles. The number of pyridine rings is 1. The van der Waals surface area contributed by atoms with Gasteiger partial charge in [0.15, 0.2) is 18.2 Å². The first-order valence-corrected chi connectivity index (χ1v) is 13.7. The summed E-state index contributed by atoms with van der Waals surface area (Å²) in [6.07, 6.45) is 3.82. The lowest BCUT2D eigenvalue weighted by atomic mass is 9.64. The summed E-state index contributed by atoms with van der Waals surface area (Å²) in [4.78, 5) is 35.9. The van der Waals surface area contributed by atoms with Crippen LogP contribution in [0.2, 0.25) is 0 Å². The van der Waals surface area contributed by atoms with E-state index in [0.29, 0.717) is 52.2 Å². The van der Waals surface area contributed by atoms with Crippen LogP contribution in [0, 0.1) is 35.0 Å². The van der Waals surface area contributed by atoms with Gasteiger partial charge in [-0.15, -0.1) is 0 Å². The van der Waals surface area contributed by atoms with Gasteiger partial charge in [0.1, 0.15) is 11.6 Å². The van der Waals surface area contributed by atoms with Gasteiger partial charge in [0, 0.05) is 44.3 Å². The Hall–Kier alpha value is -4.17. The van der Waals surface area contributed by atoms with Crippen LogP contribution in [-0.4, -0.2) is 53.2 Å². The van der Waals surface area contributed by atoms with Crippen molar-refractivity contribution < 1.29 is 9.53 Å². The Bertz CT molecular complexity index is 1530. The maximum atomic E-state index is 12.7. The number of nitriles is 1. The minimum absolute atomic E-state index is 0.0759. The number of hydrogen-bond donors (Lipinski definition) is 3. The number of rotatable bonds is 7. The highest BCUT2D eigenvalue weighted by Crippen LogP contribution is 2.42. The monoisotopic (exact) mass is 544 g/mol. The molecule has 1 amide bonds. The molecular formula is C29H36N8O3. The number of ether oxygens (including phenoxy) is 1. The van der Waals surface area contributed by atoms with Crippen LogP contribution in [0.3, 0.4) is 0 Å². The molecule has 5 atom stereocenters. The summed E-state index contributed by atoms with van der Waals surface area (Å²) >= 11 is 0. The highest BCUT2D eigenvalue weighted by molar-refractivity contribution is 5.85. The Balaban J connectivity index is 1.42. The van der Waals surface area contributed by atoms with Gasteiger partial charge in [-0.05, 0) is 60.8 Å². The van der Waals surface area contributed by atoms with Crippen molar-refractivity contribution >= 4 is 34.3 Å². The number of amides is 1. The van der Waals surface area contributed by atoms with Crippen LogP contribution in [-0.2, 0) is 11.8 Å². The van der Waals surface area contributed by atoms with Crippen LogP contribution in [0.5, 0.6) is 5.75 Å². The van der Waals surface area contributed by atoms with Gasteiger partial charge >= 0.3 is 0 Å². The van der Waals surface area contributed by atoms with Crippen molar-refractivity contribution in [3.8, 4) is 11.8 Å². The number of aryl methyl sites for hydroxylation is 1. The number of nitrogens with two attached hydrogens (primary N) is 1. The van der Waals surface area contributed by atoms with Crippen molar-refractivity contribution in [2.45, 2.75) is 32.7 Å². The highest BCUT2D eigenvalue weighted by atomic mass is 16.5. The Morgan fingerprint density at radius 1 is 1.23 bits per heavy atom. The molecule has 0 radical (unpaired) electrons. The summed E-state index contributed by atoms with van der Waals surface area (Å²) < 4.78 is 6.95. The van der Waals surface area contributed by atoms with Crippen LogP contribution in [0.15, 0.2) is 35.3 Å². The number of fused-ring (bicyclic) bond motifs is 1. The summed E-state index contributed by atoms with van der Waals surface area (Å²) in [7, 11) is 3.16. The summed E-state index contributed by atoms with van der Waals surface area (Å²) in [5, 5.41) is 16.3. The molecule has 2 aliphatic rings. The van der Waals surface area contributed by atoms with E-state index in [2.05, 4.69) is 40.4 Å². The van der Waals surface area contributed by atoms with E-state index in [4.69, 9.17) is 15.5 Å². The average molecular weight is 545 g/mol. The van der Waals surface area contributed by atoms with Gasteiger partial charge in [0.05, 0.1) is 11.7 Å². The Labute approximate surface area is 233 Å². The summed E-state index contributed by atoms with van der Waals surface area (Å²) in [5.74, 6) is 2.79. The number of carbonyl (C=O) groups is 1. The predicted molar refractivity (Wildman–Crippen MR) is 154 cm³/mol. The Morgan fingerprint density at radius 3 is 2.70 bits per heavy atom. The lowest BCUT2D eigenvalue weighted by Crippen LogP contribution is -2.54. The maximum Gasteiger partial charge on any atom is 0.293 e. The molecule has 4 N–H and O–H groups in total. The number of aromatic nitrogens is 3. The van der Waals surface area contributed by atoms with Gasteiger partial charge in [-0.3, -0.25) is 9.59 Å². The van der Waals surface area contributed by atoms with Gasteiger partial charge in [-0.2, -0.15) is 10.2 Å². The standard InChI is InChI=1S/C29H36N8O3/c1-16-13-37(14-22(17(16)2)21-6-7-23(21)31)29-33-12-19(11-30)27(35-29)34-20-5-8-24-18(9-20)10-25(28(39)36(24)4)40-15-26(38)32-3/h5,8-10,12,16-17,21-23H,6-7,13-15,31H2,1-4H3,(H,32,38)(H,33,34,35). The lowest BCUT2D eigenvalue weighted by Gasteiger charge is -2.49. The number of anilines is 3. The van der Waals surface area contributed by atoms with E-state index in [1.807, 2.05) is 18.2 Å². The van der Waals surface area contributed by atoms with E-state index in [0.717, 1.165) is 24.9 Å². The summed E-state index contributed by atoms with van der Waals surface area (Å²) in [5.41, 5.74) is 7.73. The van der Waals surface area contributed by atoms with Gasteiger partial charge in [0.25, 0.3) is 11.5 Å². The molecule has 1 saturated heterocycles. The maximum absolute atomic E-state index is 12.7. The van der Waals surface area contributed by atoms with E-state index < -0.39 is 0 Å². The van der Waals surface area contributed by atoms with Gasteiger partial charge in [-0.25, -0.2) is 4.98 Å². The number of piperidine rings is 1. The third-order valence-corrected chi connectivity index (χ3v) is 8.72. The van der Waals surface area contributed by atoms with Crippen molar-refractivity contribution in [2.24, 2.45) is 36.5 Å². The second kappa shape index (κ2) is 11.1. The zero-order chi connectivity index (χ0) is 28.6. The van der Waals surface area contributed by atoms with Crippen molar-refractivity contribution in [1.82, 2.24) is 19.9 Å². The van der Waals surface area contributed by atoms with Crippen LogP contribution >= 0.6 is 0 Å². The molecule has 1 aromatic carbocycles. The van der Waals surface area contributed by atoms with Crippen LogP contribution in [0.25, 0.3) is 10.9 Å². The second-order valence-corrected chi connectivity index (χ2v) is 11.1. The minimum Gasteiger partial charge on any atom is -0.478 e. The van der Waals surface area contributed by atoms with Gasteiger partial charge in [0.2, 0.25) is 5.95 Å². The molecular weight excluding hydrogens is 508 g/mol. The molecule has 2 fully saturated rings. The molecule has 5 rings (SSSR count). The summed E-state index contributed by atoms with van der Waals surface area (Å²) in [6.45, 7) is 6.03. The normalized spacial score (nSPS) is 24.2. The fourth-order valence-corrected chi connectivity index (χ4v) is 5.89. The van der Waals surface area contributed by atoms with Crippen molar-refractivity contribution in [1.29, 1.82) is 5.26 Å². The van der Waals surface area contributed by atoms with E-state index in [9.17, 15) is 14.9 Å². The first-order valence-electron chi connectivity index (χ1n) is 13.7. The van der Waals surface area contributed by atoms with Gasteiger partial charge < -0.3 is 30.6 Å². The molecule has 1 aliphatic carbocycles. The lowest BCUT2D eigenvalue weighted by molar-refractivity contribution is -0.122. The van der Waals surface area contributed by atoms with Gasteiger partial charge in [-0.1, -0.05) is 13.8 Å². The van der Waals surface area contributed by atoms with Crippen molar-refractivity contribution in [2.75, 3.05) is 37.0 Å². The van der Waals surface area contributed by atoms with Crippen molar-refractivity contribution in [3.05, 3.63) is 46.4 Å². The predicted octanol–water partition coefficient (Wildman–Crippen LogP) is 2.51. The molecule has 40 heavy (non-hydrogen) atoms. The Kier molecular flexibility index (Phi) is 7.63. The zero-order valence-electron chi connectivity index (χ0n) is 23.3. The second-order valence-electron chi connectivity index (χ2n) is 11.1. The van der Waals surface area contributed by atoms with E-state index >= 15 is 0 Å². The zero-order valence-corrected chi connectivity index (χ0v) is 23.3. The molecule has 3 heterocycles. The third kappa shape index (κ3) is 5.19. The Morgan fingerprint density at radius 2 is 2.02 bits per heavy atom. The number of benzene rings is 1. The number of hydrogen-bond acceptors (Lipinski definition) is 9. The first kappa shape index (κ1) is 27.4. The molecule has 1 aliphatic heterocycles. The smallest absolute Gasteiger partial charge is 0.293 e. The molecule has 3 aromatic rings. The molecule has 2 aromatic heterocycles.